The van der Waals surface area contributed by atoms with Gasteiger partial charge >= 0.3 is 0 Å². The van der Waals surface area contributed by atoms with Crippen LogP contribution < -0.4 is 5.32 Å². The van der Waals surface area contributed by atoms with Crippen LogP contribution in [-0.4, -0.2) is 23.3 Å². The maximum absolute atomic E-state index is 5.68. The van der Waals surface area contributed by atoms with Crippen LogP contribution in [0.5, 0.6) is 0 Å². The molecule has 0 fully saturated rings. The highest BCUT2D eigenvalue weighted by Crippen LogP contribution is 2.23. The summed E-state index contributed by atoms with van der Waals surface area (Å²) in [6.45, 7) is 6.08. The second-order valence-corrected chi connectivity index (χ2v) is 5.43. The van der Waals surface area contributed by atoms with Crippen LogP contribution in [-0.2, 0) is 6.42 Å². The largest absolute Gasteiger partial charge is 0.421 e. The van der Waals surface area contributed by atoms with Gasteiger partial charge in [-0.2, -0.15) is 0 Å². The van der Waals surface area contributed by atoms with Gasteiger partial charge in [-0.15, -0.1) is 10.2 Å². The summed E-state index contributed by atoms with van der Waals surface area (Å²) in [6.07, 6.45) is 1.90. The molecule has 2 rings (SSSR count). The van der Waals surface area contributed by atoms with Crippen LogP contribution in [0.1, 0.15) is 24.8 Å². The minimum absolute atomic E-state index is 0.579. The molecule has 102 valence electrons. The van der Waals surface area contributed by atoms with E-state index in [1.165, 1.54) is 0 Å². The van der Waals surface area contributed by atoms with Gasteiger partial charge in [-0.25, -0.2) is 0 Å². The van der Waals surface area contributed by atoms with E-state index in [-0.39, 0.29) is 0 Å². The van der Waals surface area contributed by atoms with Crippen molar-refractivity contribution in [1.29, 1.82) is 0 Å². The van der Waals surface area contributed by atoms with Crippen LogP contribution in [0, 0.1) is 6.92 Å². The Labute approximate surface area is 121 Å². The molecule has 1 aromatic carbocycles. The maximum atomic E-state index is 5.68. The highest BCUT2D eigenvalue weighted by Gasteiger charge is 2.09. The van der Waals surface area contributed by atoms with Gasteiger partial charge in [0.2, 0.25) is 11.8 Å². The zero-order chi connectivity index (χ0) is 13.7. The summed E-state index contributed by atoms with van der Waals surface area (Å²) < 4.78 is 6.70. The third-order valence-corrected chi connectivity index (χ3v) is 3.16. The van der Waals surface area contributed by atoms with Crippen molar-refractivity contribution in [1.82, 2.24) is 15.5 Å². The molecule has 2 aromatic rings. The molecule has 5 heteroatoms. The monoisotopic (exact) mass is 323 g/mol. The molecule has 0 atom stereocenters. The Morgan fingerprint density at radius 2 is 2.05 bits per heavy atom. The minimum Gasteiger partial charge on any atom is -0.421 e. The summed E-state index contributed by atoms with van der Waals surface area (Å²) in [6, 6.07) is 6.08. The molecule has 0 aliphatic rings. The first kappa shape index (κ1) is 14.2. The summed E-state index contributed by atoms with van der Waals surface area (Å²) in [7, 11) is 0. The molecule has 1 N–H and O–H groups in total. The fraction of sp³-hybridized carbons (Fsp3) is 0.429. The first-order chi connectivity index (χ1) is 9.19. The van der Waals surface area contributed by atoms with E-state index in [9.17, 15) is 0 Å². The Morgan fingerprint density at radius 1 is 1.21 bits per heavy atom. The van der Waals surface area contributed by atoms with Gasteiger partial charge in [0, 0.05) is 23.0 Å². The number of rotatable bonds is 6. The molecule has 0 aliphatic carbocycles. The predicted octanol–water partition coefficient (Wildman–Crippen LogP) is 3.35. The minimum atomic E-state index is 0.579. The zero-order valence-corrected chi connectivity index (χ0v) is 12.8. The van der Waals surface area contributed by atoms with Gasteiger partial charge in [0.15, 0.2) is 0 Å². The van der Waals surface area contributed by atoms with Crippen LogP contribution >= 0.6 is 15.9 Å². The van der Waals surface area contributed by atoms with Crippen molar-refractivity contribution in [2.45, 2.75) is 26.7 Å². The summed E-state index contributed by atoms with van der Waals surface area (Å²) in [5, 5.41) is 11.5. The van der Waals surface area contributed by atoms with Crippen molar-refractivity contribution in [3.63, 3.8) is 0 Å². The normalized spacial score (nSPS) is 10.9. The van der Waals surface area contributed by atoms with E-state index in [0.717, 1.165) is 41.5 Å². The Balaban J connectivity index is 2.03. The summed E-state index contributed by atoms with van der Waals surface area (Å²) in [4.78, 5) is 0. The van der Waals surface area contributed by atoms with Crippen LogP contribution in [0.25, 0.3) is 11.5 Å². The van der Waals surface area contributed by atoms with Gasteiger partial charge in [-0.1, -0.05) is 22.9 Å². The van der Waals surface area contributed by atoms with Crippen LogP contribution in [0.3, 0.4) is 0 Å². The third-order valence-electron chi connectivity index (χ3n) is 2.70. The number of hydrogen-bond donors (Lipinski definition) is 1. The topological polar surface area (TPSA) is 51.0 Å². The van der Waals surface area contributed by atoms with E-state index < -0.39 is 0 Å². The van der Waals surface area contributed by atoms with E-state index in [1.807, 2.05) is 19.1 Å². The molecular formula is C14H18BrN3O. The summed E-state index contributed by atoms with van der Waals surface area (Å²) >= 11 is 3.48. The van der Waals surface area contributed by atoms with Crippen molar-refractivity contribution in [3.05, 3.63) is 34.1 Å². The average Bonchev–Trinajstić information content (AvgIpc) is 2.82. The highest BCUT2D eigenvalue weighted by molar-refractivity contribution is 9.10. The molecular weight excluding hydrogens is 306 g/mol. The number of aromatic nitrogens is 2. The first-order valence-corrected chi connectivity index (χ1v) is 7.29. The molecule has 0 amide bonds. The quantitative estimate of drug-likeness (QED) is 0.828. The average molecular weight is 324 g/mol. The number of nitrogens with zero attached hydrogens (tertiary/aromatic N) is 2. The lowest BCUT2D eigenvalue weighted by molar-refractivity contribution is 0.494. The fourth-order valence-electron chi connectivity index (χ4n) is 1.83. The van der Waals surface area contributed by atoms with Crippen molar-refractivity contribution in [2.75, 3.05) is 13.1 Å². The van der Waals surface area contributed by atoms with Crippen molar-refractivity contribution in [2.24, 2.45) is 0 Å². The Morgan fingerprint density at radius 3 is 2.79 bits per heavy atom. The molecule has 0 bridgehead atoms. The Kier molecular flexibility index (Phi) is 5.10. The molecule has 0 saturated heterocycles. The standard InChI is InChI=1S/C14H18BrN3O/c1-3-5-16-6-4-13-17-18-14(19-13)11-7-10(2)8-12(15)9-11/h7-9,16H,3-6H2,1-2H3. The van der Waals surface area contributed by atoms with Crippen molar-refractivity contribution < 1.29 is 4.42 Å². The lowest BCUT2D eigenvalue weighted by Gasteiger charge is -2.00. The lowest BCUT2D eigenvalue weighted by Crippen LogP contribution is -2.17. The Bertz CT molecular complexity index is 519. The Hall–Kier alpha value is -1.20. The third kappa shape index (κ3) is 4.14. The lowest BCUT2D eigenvalue weighted by atomic mass is 10.1. The van der Waals surface area contributed by atoms with Crippen LogP contribution in [0.2, 0.25) is 0 Å². The predicted molar refractivity (Wildman–Crippen MR) is 79.0 cm³/mol. The van der Waals surface area contributed by atoms with E-state index in [2.05, 4.69) is 44.4 Å². The number of aryl methyl sites for hydroxylation is 1. The SMILES string of the molecule is CCCNCCc1nnc(-c2cc(C)cc(Br)c2)o1. The van der Waals surface area contributed by atoms with E-state index >= 15 is 0 Å². The summed E-state index contributed by atoms with van der Waals surface area (Å²) in [5.41, 5.74) is 2.11. The maximum Gasteiger partial charge on any atom is 0.247 e. The van der Waals surface area contributed by atoms with E-state index in [1.54, 1.807) is 0 Å². The van der Waals surface area contributed by atoms with Gasteiger partial charge in [-0.05, 0) is 43.7 Å². The highest BCUT2D eigenvalue weighted by atomic mass is 79.9. The van der Waals surface area contributed by atoms with Gasteiger partial charge in [0.1, 0.15) is 0 Å². The number of hydrogen-bond acceptors (Lipinski definition) is 4. The molecule has 0 aliphatic heterocycles. The fourth-order valence-corrected chi connectivity index (χ4v) is 2.44. The molecule has 4 nitrogen and oxygen atoms in total. The molecule has 1 heterocycles. The molecule has 0 spiro atoms. The van der Waals surface area contributed by atoms with Gasteiger partial charge in [0.25, 0.3) is 0 Å². The van der Waals surface area contributed by atoms with Gasteiger partial charge < -0.3 is 9.73 Å². The second kappa shape index (κ2) is 6.82. The summed E-state index contributed by atoms with van der Waals surface area (Å²) in [5.74, 6) is 1.26. The number of nitrogens with one attached hydrogen (secondary N) is 1. The van der Waals surface area contributed by atoms with E-state index in [0.29, 0.717) is 11.8 Å². The molecule has 1 aromatic heterocycles. The number of halogens is 1. The number of benzene rings is 1. The molecule has 0 radical (unpaired) electrons. The first-order valence-electron chi connectivity index (χ1n) is 6.49. The molecule has 0 unspecified atom stereocenters. The van der Waals surface area contributed by atoms with E-state index in [4.69, 9.17) is 4.42 Å². The molecule has 19 heavy (non-hydrogen) atoms. The van der Waals surface area contributed by atoms with Crippen LogP contribution in [0.4, 0.5) is 0 Å². The smallest absolute Gasteiger partial charge is 0.247 e. The zero-order valence-electron chi connectivity index (χ0n) is 11.2. The van der Waals surface area contributed by atoms with Crippen LogP contribution in [0.15, 0.2) is 27.1 Å². The van der Waals surface area contributed by atoms with Gasteiger partial charge in [0.05, 0.1) is 0 Å². The van der Waals surface area contributed by atoms with Crippen molar-refractivity contribution in [3.8, 4) is 11.5 Å². The van der Waals surface area contributed by atoms with Crippen molar-refractivity contribution >= 4 is 15.9 Å². The molecule has 0 saturated carbocycles. The van der Waals surface area contributed by atoms with Gasteiger partial charge in [-0.3, -0.25) is 0 Å². The second-order valence-electron chi connectivity index (χ2n) is 4.52.